The molecular weight excluding hydrogens is 442 g/mol. The van der Waals surface area contributed by atoms with Crippen LogP contribution in [0.1, 0.15) is 15.2 Å². The van der Waals surface area contributed by atoms with Crippen molar-refractivity contribution >= 4 is 22.2 Å². The van der Waals surface area contributed by atoms with Crippen LogP contribution in [0.25, 0.3) is 16.2 Å². The van der Waals surface area contributed by atoms with Crippen LogP contribution in [-0.2, 0) is 6.42 Å². The Bertz CT molecular complexity index is 1250. The Morgan fingerprint density at radius 2 is 1.64 bits per heavy atom. The number of benzene rings is 2. The molecule has 0 spiro atoms. The summed E-state index contributed by atoms with van der Waals surface area (Å²) >= 11 is 1.33. The summed E-state index contributed by atoms with van der Waals surface area (Å²) in [4.78, 5) is 18.7. The van der Waals surface area contributed by atoms with Crippen LogP contribution in [0, 0.1) is 0 Å². The van der Waals surface area contributed by atoms with Crippen molar-refractivity contribution in [3.8, 4) is 34.3 Å². The minimum atomic E-state index is -0.145. The van der Waals surface area contributed by atoms with E-state index in [-0.39, 0.29) is 5.91 Å². The highest BCUT2D eigenvalue weighted by Crippen LogP contribution is 2.34. The van der Waals surface area contributed by atoms with Crippen molar-refractivity contribution in [2.75, 3.05) is 35.0 Å². The van der Waals surface area contributed by atoms with Gasteiger partial charge in [-0.05, 0) is 48.4 Å². The van der Waals surface area contributed by atoms with Crippen LogP contribution in [-0.4, -0.2) is 50.3 Å². The number of rotatable bonds is 9. The second kappa shape index (κ2) is 9.83. The fourth-order valence-electron chi connectivity index (χ4n) is 3.52. The van der Waals surface area contributed by atoms with E-state index in [2.05, 4.69) is 10.3 Å². The lowest BCUT2D eigenvalue weighted by atomic mass is 10.1. The molecule has 9 heteroatoms. The molecule has 1 N–H and O–H groups in total. The first-order valence-corrected chi connectivity index (χ1v) is 11.1. The molecule has 0 saturated carbocycles. The predicted molar refractivity (Wildman–Crippen MR) is 127 cm³/mol. The summed E-state index contributed by atoms with van der Waals surface area (Å²) in [6, 6.07) is 11.2. The van der Waals surface area contributed by atoms with Gasteiger partial charge < -0.3 is 24.3 Å². The molecule has 0 aliphatic rings. The number of amides is 1. The predicted octanol–water partition coefficient (Wildman–Crippen LogP) is 4.07. The third-order valence-electron chi connectivity index (χ3n) is 5.23. The van der Waals surface area contributed by atoms with Gasteiger partial charge in [-0.3, -0.25) is 9.20 Å². The number of ether oxygens (including phenoxy) is 4. The lowest BCUT2D eigenvalue weighted by molar-refractivity contribution is 0.0957. The van der Waals surface area contributed by atoms with Crippen molar-refractivity contribution in [1.29, 1.82) is 0 Å². The number of imidazole rings is 1. The molecule has 0 fully saturated rings. The molecule has 0 aliphatic carbocycles. The van der Waals surface area contributed by atoms with Crippen molar-refractivity contribution in [1.82, 2.24) is 14.7 Å². The first-order valence-electron chi connectivity index (χ1n) is 10.3. The van der Waals surface area contributed by atoms with Gasteiger partial charge >= 0.3 is 0 Å². The first kappa shape index (κ1) is 22.5. The summed E-state index contributed by atoms with van der Waals surface area (Å²) in [5.74, 6) is 2.79. The quantitative estimate of drug-likeness (QED) is 0.400. The van der Waals surface area contributed by atoms with Gasteiger partial charge in [0.25, 0.3) is 5.91 Å². The molecule has 2 aromatic carbocycles. The van der Waals surface area contributed by atoms with Gasteiger partial charge in [0.05, 0.1) is 34.1 Å². The van der Waals surface area contributed by atoms with Gasteiger partial charge in [-0.25, -0.2) is 4.98 Å². The number of hydrogen-bond acceptors (Lipinski definition) is 7. The second-order valence-corrected chi connectivity index (χ2v) is 8.17. The smallest absolute Gasteiger partial charge is 0.263 e. The molecule has 2 heterocycles. The van der Waals surface area contributed by atoms with E-state index in [1.165, 1.54) is 11.3 Å². The van der Waals surface area contributed by atoms with Crippen LogP contribution < -0.4 is 24.3 Å². The van der Waals surface area contributed by atoms with Crippen LogP contribution in [0.2, 0.25) is 0 Å². The Labute approximate surface area is 195 Å². The van der Waals surface area contributed by atoms with Crippen LogP contribution >= 0.6 is 11.3 Å². The fourth-order valence-corrected chi connectivity index (χ4v) is 4.40. The number of nitrogens with zero attached hydrogens (tertiary/aromatic N) is 2. The zero-order chi connectivity index (χ0) is 23.4. The molecular formula is C24H25N3O5S. The molecule has 4 rings (SSSR count). The second-order valence-electron chi connectivity index (χ2n) is 7.16. The van der Waals surface area contributed by atoms with Gasteiger partial charge in [0.1, 0.15) is 27.9 Å². The molecule has 8 nitrogen and oxygen atoms in total. The van der Waals surface area contributed by atoms with Crippen molar-refractivity contribution < 1.29 is 23.7 Å². The maximum Gasteiger partial charge on any atom is 0.263 e. The van der Waals surface area contributed by atoms with Gasteiger partial charge in [0.15, 0.2) is 4.96 Å². The van der Waals surface area contributed by atoms with Gasteiger partial charge in [0.2, 0.25) is 0 Å². The molecule has 0 unspecified atom stereocenters. The molecule has 1 amide bonds. The lowest BCUT2D eigenvalue weighted by Gasteiger charge is -2.10. The molecule has 0 bridgehead atoms. The van der Waals surface area contributed by atoms with E-state index in [0.29, 0.717) is 23.6 Å². The zero-order valence-corrected chi connectivity index (χ0v) is 19.7. The topological polar surface area (TPSA) is 83.3 Å². The maximum atomic E-state index is 12.7. The summed E-state index contributed by atoms with van der Waals surface area (Å²) in [6.07, 6.45) is 4.28. The summed E-state index contributed by atoms with van der Waals surface area (Å²) < 4.78 is 23.3. The number of aromatic nitrogens is 2. The summed E-state index contributed by atoms with van der Waals surface area (Å²) in [5, 5.41) is 2.96. The Balaban J connectivity index is 1.46. The Morgan fingerprint density at radius 1 is 0.939 bits per heavy atom. The average Bonchev–Trinajstić information content (AvgIpc) is 3.43. The maximum absolute atomic E-state index is 12.7. The summed E-state index contributed by atoms with van der Waals surface area (Å²) in [7, 11) is 6.48. The number of methoxy groups -OCH3 is 4. The Kier molecular flexibility index (Phi) is 6.69. The monoisotopic (exact) mass is 467 g/mol. The molecule has 0 aliphatic heterocycles. The van der Waals surface area contributed by atoms with Crippen LogP contribution in [0.3, 0.4) is 0 Å². The minimum absolute atomic E-state index is 0.145. The number of carbonyl (C=O) groups is 1. The molecule has 33 heavy (non-hydrogen) atoms. The van der Waals surface area contributed by atoms with Gasteiger partial charge in [0, 0.05) is 24.5 Å². The number of nitrogens with one attached hydrogen (secondary N) is 1. The minimum Gasteiger partial charge on any atom is -0.497 e. The van der Waals surface area contributed by atoms with Crippen LogP contribution in [0.15, 0.2) is 48.8 Å². The highest BCUT2D eigenvalue weighted by Gasteiger charge is 2.16. The number of carbonyl (C=O) groups excluding carboxylic acids is 1. The molecule has 0 atom stereocenters. The zero-order valence-electron chi connectivity index (χ0n) is 18.9. The van der Waals surface area contributed by atoms with E-state index in [1.54, 1.807) is 34.6 Å². The highest BCUT2D eigenvalue weighted by molar-refractivity contribution is 7.18. The van der Waals surface area contributed by atoms with Gasteiger partial charge in [-0.2, -0.15) is 0 Å². The number of thiazole rings is 1. The normalized spacial score (nSPS) is 10.8. The molecule has 4 aromatic rings. The molecule has 0 radical (unpaired) electrons. The van der Waals surface area contributed by atoms with E-state index in [9.17, 15) is 4.79 Å². The SMILES string of the molecule is COc1ccc(OC)c(CCNC(=O)c2cn3cc(-c4cc(OC)ccc4OC)nc3s2)c1. The van der Waals surface area contributed by atoms with Crippen molar-refractivity contribution in [3.63, 3.8) is 0 Å². The van der Waals surface area contributed by atoms with E-state index < -0.39 is 0 Å². The van der Waals surface area contributed by atoms with Gasteiger partial charge in [-0.1, -0.05) is 11.3 Å². The van der Waals surface area contributed by atoms with E-state index in [1.807, 2.05) is 47.0 Å². The highest BCUT2D eigenvalue weighted by atomic mass is 32.1. The van der Waals surface area contributed by atoms with Crippen LogP contribution in [0.5, 0.6) is 23.0 Å². The van der Waals surface area contributed by atoms with Gasteiger partial charge in [-0.15, -0.1) is 0 Å². The van der Waals surface area contributed by atoms with E-state index in [0.717, 1.165) is 39.0 Å². The number of fused-ring (bicyclic) bond motifs is 1. The third-order valence-corrected chi connectivity index (χ3v) is 6.23. The van der Waals surface area contributed by atoms with Crippen LogP contribution in [0.4, 0.5) is 0 Å². The largest absolute Gasteiger partial charge is 0.497 e. The molecule has 172 valence electrons. The summed E-state index contributed by atoms with van der Waals surface area (Å²) in [5.41, 5.74) is 2.54. The van der Waals surface area contributed by atoms with E-state index >= 15 is 0 Å². The first-order chi connectivity index (χ1) is 16.1. The third kappa shape index (κ3) is 4.73. The fraction of sp³-hybridized carbons (Fsp3) is 0.250. The average molecular weight is 468 g/mol. The number of hydrogen-bond donors (Lipinski definition) is 1. The summed E-state index contributed by atoms with van der Waals surface area (Å²) in [6.45, 7) is 0.467. The Hall–Kier alpha value is -3.72. The lowest BCUT2D eigenvalue weighted by Crippen LogP contribution is -2.25. The van der Waals surface area contributed by atoms with Crippen molar-refractivity contribution in [2.45, 2.75) is 6.42 Å². The molecule has 2 aromatic heterocycles. The molecule has 0 saturated heterocycles. The van der Waals surface area contributed by atoms with E-state index in [4.69, 9.17) is 18.9 Å². The van der Waals surface area contributed by atoms with Crippen molar-refractivity contribution in [3.05, 3.63) is 59.2 Å². The van der Waals surface area contributed by atoms with Crippen molar-refractivity contribution in [2.24, 2.45) is 0 Å². The Morgan fingerprint density at radius 3 is 2.30 bits per heavy atom. The standard InChI is InChI=1S/C24H25N3O5S/c1-29-16-5-7-20(31-3)15(11-16)9-10-25-23(28)22-14-27-13-19(26-24(27)33-22)18-12-17(30-2)6-8-21(18)32-4/h5-8,11-14H,9-10H2,1-4H3,(H,25,28).